The van der Waals surface area contributed by atoms with Crippen molar-refractivity contribution in [1.82, 2.24) is 9.78 Å². The molecule has 2 rings (SSSR count). The summed E-state index contributed by atoms with van der Waals surface area (Å²) >= 11 is 5.65. The number of fused-ring (bicyclic) bond motifs is 1. The molecule has 0 saturated heterocycles. The van der Waals surface area contributed by atoms with Gasteiger partial charge in [-0.05, 0) is 18.9 Å². The number of methoxy groups -OCH3 is 1. The van der Waals surface area contributed by atoms with Crippen LogP contribution in [0.25, 0.3) is 10.9 Å². The molecule has 1 heterocycles. The maximum atomic E-state index is 10.8. The Balaban J connectivity index is 2.29. The minimum absolute atomic E-state index is 0.0393. The Morgan fingerprint density at radius 1 is 1.40 bits per heavy atom. The van der Waals surface area contributed by atoms with Crippen LogP contribution in [0.5, 0.6) is 5.88 Å². The van der Waals surface area contributed by atoms with E-state index in [1.165, 1.54) is 19.2 Å². The number of nitro groups is 1. The fourth-order valence-electron chi connectivity index (χ4n) is 2.11. The lowest BCUT2D eigenvalue weighted by Gasteiger charge is -2.02. The predicted octanol–water partition coefficient (Wildman–Crippen LogP) is 3.36. The molecule has 0 aliphatic carbocycles. The van der Waals surface area contributed by atoms with Gasteiger partial charge in [-0.3, -0.25) is 14.8 Å². The van der Waals surface area contributed by atoms with Crippen molar-refractivity contribution in [3.8, 4) is 5.88 Å². The van der Waals surface area contributed by atoms with E-state index in [1.54, 1.807) is 6.07 Å². The number of non-ortho nitro benzene ring substituents is 1. The molecule has 0 aliphatic heterocycles. The van der Waals surface area contributed by atoms with E-state index < -0.39 is 4.92 Å². The van der Waals surface area contributed by atoms with Gasteiger partial charge in [-0.2, -0.15) is 0 Å². The van der Waals surface area contributed by atoms with Gasteiger partial charge >= 0.3 is 0 Å². The standard InChI is InChI=1S/C13H16ClN3O3/c1-20-13-11-9-10(17(18)19)5-6-12(11)16(15-13)8-4-2-3-7-14/h5-6,9H,2-4,7-8H2,1H3. The highest BCUT2D eigenvalue weighted by atomic mass is 35.5. The van der Waals surface area contributed by atoms with Crippen LogP contribution in [0.4, 0.5) is 5.69 Å². The maximum Gasteiger partial charge on any atom is 0.270 e. The number of aromatic nitrogens is 2. The van der Waals surface area contributed by atoms with Crippen molar-refractivity contribution in [2.24, 2.45) is 0 Å². The summed E-state index contributed by atoms with van der Waals surface area (Å²) in [5.41, 5.74) is 0.885. The van der Waals surface area contributed by atoms with Gasteiger partial charge in [-0.15, -0.1) is 16.7 Å². The van der Waals surface area contributed by atoms with Crippen LogP contribution in [0.1, 0.15) is 19.3 Å². The fraction of sp³-hybridized carbons (Fsp3) is 0.462. The van der Waals surface area contributed by atoms with Crippen LogP contribution in [-0.4, -0.2) is 27.7 Å². The summed E-state index contributed by atoms with van der Waals surface area (Å²) in [5, 5.41) is 15.8. The van der Waals surface area contributed by atoms with Crippen LogP contribution in [-0.2, 0) is 6.54 Å². The number of rotatable bonds is 7. The average molecular weight is 298 g/mol. The molecule has 20 heavy (non-hydrogen) atoms. The minimum atomic E-state index is -0.420. The Morgan fingerprint density at radius 3 is 2.85 bits per heavy atom. The van der Waals surface area contributed by atoms with Crippen LogP contribution in [0.2, 0.25) is 0 Å². The molecule has 0 saturated carbocycles. The first kappa shape index (κ1) is 14.6. The normalized spacial score (nSPS) is 10.9. The number of benzene rings is 1. The van der Waals surface area contributed by atoms with Crippen LogP contribution < -0.4 is 4.74 Å². The highest BCUT2D eigenvalue weighted by Gasteiger charge is 2.15. The van der Waals surface area contributed by atoms with Gasteiger partial charge in [0.2, 0.25) is 5.88 Å². The highest BCUT2D eigenvalue weighted by Crippen LogP contribution is 2.28. The van der Waals surface area contributed by atoms with Crippen molar-refractivity contribution in [1.29, 1.82) is 0 Å². The molecule has 1 aromatic carbocycles. The second-order valence-electron chi connectivity index (χ2n) is 4.44. The first-order chi connectivity index (χ1) is 9.67. The number of nitro benzene ring substituents is 1. The Morgan fingerprint density at radius 2 is 2.20 bits per heavy atom. The second kappa shape index (κ2) is 6.56. The van der Waals surface area contributed by atoms with Gasteiger partial charge in [0.25, 0.3) is 5.69 Å². The van der Waals surface area contributed by atoms with Crippen LogP contribution in [0.15, 0.2) is 18.2 Å². The molecular weight excluding hydrogens is 282 g/mol. The van der Waals surface area contributed by atoms with Crippen LogP contribution in [0.3, 0.4) is 0 Å². The fourth-order valence-corrected chi connectivity index (χ4v) is 2.29. The molecule has 0 aliphatic rings. The predicted molar refractivity (Wildman–Crippen MR) is 77.5 cm³/mol. The molecule has 2 aromatic rings. The van der Waals surface area contributed by atoms with E-state index in [4.69, 9.17) is 16.3 Å². The first-order valence-corrected chi connectivity index (χ1v) is 6.95. The smallest absolute Gasteiger partial charge is 0.270 e. The SMILES string of the molecule is COc1nn(CCCCCCl)c2ccc([N+](=O)[O-])cc12. The molecular formula is C13H16ClN3O3. The largest absolute Gasteiger partial charge is 0.479 e. The lowest BCUT2D eigenvalue weighted by molar-refractivity contribution is -0.384. The Hall–Kier alpha value is -1.82. The Labute approximate surface area is 121 Å². The summed E-state index contributed by atoms with van der Waals surface area (Å²) in [7, 11) is 1.51. The summed E-state index contributed by atoms with van der Waals surface area (Å²) < 4.78 is 7.02. The van der Waals surface area contributed by atoms with Crippen molar-refractivity contribution < 1.29 is 9.66 Å². The first-order valence-electron chi connectivity index (χ1n) is 6.42. The van der Waals surface area contributed by atoms with Gasteiger partial charge in [0.15, 0.2) is 0 Å². The zero-order valence-electron chi connectivity index (χ0n) is 11.2. The van der Waals surface area contributed by atoms with Crippen molar-refractivity contribution in [3.63, 3.8) is 0 Å². The van der Waals surface area contributed by atoms with Crippen LogP contribution >= 0.6 is 11.6 Å². The Kier molecular flexibility index (Phi) is 4.79. The molecule has 0 atom stereocenters. The maximum absolute atomic E-state index is 10.8. The van der Waals surface area contributed by atoms with Crippen molar-refractivity contribution in [2.75, 3.05) is 13.0 Å². The summed E-state index contributed by atoms with van der Waals surface area (Å²) in [6.07, 6.45) is 2.97. The summed E-state index contributed by atoms with van der Waals surface area (Å²) in [6, 6.07) is 4.69. The molecule has 108 valence electrons. The van der Waals surface area contributed by atoms with Gasteiger partial charge in [0, 0.05) is 24.6 Å². The number of aryl methyl sites for hydroxylation is 1. The number of halogens is 1. The number of unbranched alkanes of at least 4 members (excludes halogenated alkanes) is 2. The molecule has 0 radical (unpaired) electrons. The summed E-state index contributed by atoms with van der Waals surface area (Å²) in [5.74, 6) is 1.08. The van der Waals surface area contributed by atoms with Gasteiger partial charge in [-0.25, -0.2) is 0 Å². The second-order valence-corrected chi connectivity index (χ2v) is 4.82. The van der Waals surface area contributed by atoms with E-state index in [0.717, 1.165) is 31.3 Å². The highest BCUT2D eigenvalue weighted by molar-refractivity contribution is 6.17. The third-order valence-electron chi connectivity index (χ3n) is 3.11. The number of alkyl halides is 1. The third kappa shape index (κ3) is 3.01. The molecule has 6 nitrogen and oxygen atoms in total. The molecule has 0 amide bonds. The van der Waals surface area contributed by atoms with E-state index in [0.29, 0.717) is 17.1 Å². The van der Waals surface area contributed by atoms with E-state index >= 15 is 0 Å². The van der Waals surface area contributed by atoms with Crippen molar-refractivity contribution in [3.05, 3.63) is 28.3 Å². The molecule has 1 aromatic heterocycles. The van der Waals surface area contributed by atoms with Crippen LogP contribution in [0, 0.1) is 10.1 Å². The third-order valence-corrected chi connectivity index (χ3v) is 3.38. The molecule has 7 heteroatoms. The summed E-state index contributed by atoms with van der Waals surface area (Å²) in [4.78, 5) is 10.4. The molecule has 0 fully saturated rings. The van der Waals surface area contributed by atoms with E-state index in [-0.39, 0.29) is 5.69 Å². The van der Waals surface area contributed by atoms with Gasteiger partial charge in [0.1, 0.15) is 0 Å². The van der Waals surface area contributed by atoms with Crippen molar-refractivity contribution in [2.45, 2.75) is 25.8 Å². The number of hydrogen-bond donors (Lipinski definition) is 0. The molecule has 0 N–H and O–H groups in total. The van der Waals surface area contributed by atoms with Gasteiger partial charge in [0.05, 0.1) is 22.9 Å². The number of ether oxygens (including phenoxy) is 1. The zero-order chi connectivity index (χ0) is 14.5. The molecule has 0 unspecified atom stereocenters. The minimum Gasteiger partial charge on any atom is -0.479 e. The zero-order valence-corrected chi connectivity index (χ0v) is 12.0. The molecule has 0 spiro atoms. The molecule has 0 bridgehead atoms. The quantitative estimate of drug-likeness (QED) is 0.340. The topological polar surface area (TPSA) is 70.2 Å². The lowest BCUT2D eigenvalue weighted by Crippen LogP contribution is -2.00. The number of hydrogen-bond acceptors (Lipinski definition) is 4. The van der Waals surface area contributed by atoms with E-state index in [9.17, 15) is 10.1 Å². The monoisotopic (exact) mass is 297 g/mol. The van der Waals surface area contributed by atoms with Crippen molar-refractivity contribution >= 4 is 28.2 Å². The lowest BCUT2D eigenvalue weighted by atomic mass is 10.2. The average Bonchev–Trinajstić information content (AvgIpc) is 2.81. The summed E-state index contributed by atoms with van der Waals surface area (Å²) in [6.45, 7) is 0.745. The number of nitrogens with zero attached hydrogens (tertiary/aromatic N) is 3. The van der Waals surface area contributed by atoms with E-state index in [2.05, 4.69) is 5.10 Å². The van der Waals surface area contributed by atoms with E-state index in [1.807, 2.05) is 4.68 Å². The van der Waals surface area contributed by atoms with Gasteiger partial charge < -0.3 is 4.74 Å². The van der Waals surface area contributed by atoms with Gasteiger partial charge in [-0.1, -0.05) is 6.42 Å². The Bertz CT molecular complexity index is 612.